The zero-order chi connectivity index (χ0) is 26.2. The molecule has 8 nitrogen and oxygen atoms in total. The van der Waals surface area contributed by atoms with Crippen molar-refractivity contribution in [3.8, 4) is 5.75 Å². The highest BCUT2D eigenvalue weighted by Crippen LogP contribution is 2.21. The Kier molecular flexibility index (Phi) is 10.1. The summed E-state index contributed by atoms with van der Waals surface area (Å²) in [5.41, 5.74) is 2.22. The van der Waals surface area contributed by atoms with Crippen molar-refractivity contribution >= 4 is 27.5 Å². The Morgan fingerprint density at radius 1 is 1.03 bits per heavy atom. The molecule has 192 valence electrons. The van der Waals surface area contributed by atoms with E-state index in [-0.39, 0.29) is 18.5 Å². The molecule has 0 heterocycles. The largest absolute Gasteiger partial charge is 0.497 e. The number of sulfonamides is 1. The lowest BCUT2D eigenvalue weighted by atomic mass is 10.1. The van der Waals surface area contributed by atoms with Crippen molar-refractivity contribution < 1.29 is 22.7 Å². The Bertz CT molecular complexity index is 1100. The predicted octanol–water partition coefficient (Wildman–Crippen LogP) is 3.36. The number of hydrogen-bond acceptors (Lipinski definition) is 5. The van der Waals surface area contributed by atoms with Crippen LogP contribution in [0.3, 0.4) is 0 Å². The first kappa shape index (κ1) is 28.2. The molecule has 0 aliphatic rings. The first-order chi connectivity index (χ1) is 16.5. The topological polar surface area (TPSA) is 96.0 Å². The first-order valence-corrected chi connectivity index (χ1v) is 13.6. The molecule has 0 aromatic heterocycles. The third kappa shape index (κ3) is 7.99. The van der Waals surface area contributed by atoms with Crippen molar-refractivity contribution in [2.45, 2.75) is 59.2 Å². The van der Waals surface area contributed by atoms with Crippen LogP contribution in [0.5, 0.6) is 5.75 Å². The number of amides is 2. The predicted molar refractivity (Wildman–Crippen MR) is 139 cm³/mol. The third-order valence-electron chi connectivity index (χ3n) is 5.97. The van der Waals surface area contributed by atoms with Crippen LogP contribution in [0.15, 0.2) is 48.5 Å². The number of nitrogens with zero attached hydrogens (tertiary/aromatic N) is 2. The molecular formula is C26H37N3O5S. The van der Waals surface area contributed by atoms with Crippen LogP contribution < -0.4 is 14.4 Å². The summed E-state index contributed by atoms with van der Waals surface area (Å²) in [7, 11) is -2.20. The van der Waals surface area contributed by atoms with Crippen LogP contribution in [0.25, 0.3) is 0 Å². The third-order valence-corrected chi connectivity index (χ3v) is 7.11. The molecule has 35 heavy (non-hydrogen) atoms. The van der Waals surface area contributed by atoms with Gasteiger partial charge in [0.05, 0.1) is 19.1 Å². The average Bonchev–Trinajstić information content (AvgIpc) is 2.84. The maximum Gasteiger partial charge on any atom is 0.244 e. The highest BCUT2D eigenvalue weighted by atomic mass is 32.2. The highest BCUT2D eigenvalue weighted by molar-refractivity contribution is 7.92. The molecule has 2 rings (SSSR count). The second-order valence-corrected chi connectivity index (χ2v) is 10.6. The zero-order valence-electron chi connectivity index (χ0n) is 21.4. The standard InChI is InChI=1S/C26H37N3O5S/c1-7-19(3)27-26(31)20(4)28(17-22-10-9-11-24(16-22)34-5)25(30)18-29(35(6,32)33)23-14-12-21(8-2)13-15-23/h9-16,19-20H,7-8,17-18H2,1-6H3,(H,27,31)/t19-,20-/m1/s1. The Morgan fingerprint density at radius 3 is 2.23 bits per heavy atom. The molecular weight excluding hydrogens is 466 g/mol. The van der Waals surface area contributed by atoms with Crippen LogP contribution in [-0.2, 0) is 32.6 Å². The lowest BCUT2D eigenvalue weighted by Crippen LogP contribution is -2.52. The molecule has 0 saturated heterocycles. The smallest absolute Gasteiger partial charge is 0.244 e. The van der Waals surface area contributed by atoms with Gasteiger partial charge in [-0.15, -0.1) is 0 Å². The van der Waals surface area contributed by atoms with Crippen LogP contribution in [0.2, 0.25) is 0 Å². The fraction of sp³-hybridized carbons (Fsp3) is 0.462. The quantitative estimate of drug-likeness (QED) is 0.479. The molecule has 0 aliphatic heterocycles. The van der Waals surface area contributed by atoms with Crippen LogP contribution in [0.4, 0.5) is 5.69 Å². The van der Waals surface area contributed by atoms with E-state index in [2.05, 4.69) is 5.32 Å². The van der Waals surface area contributed by atoms with Gasteiger partial charge in [0.15, 0.2) is 0 Å². The van der Waals surface area contributed by atoms with Gasteiger partial charge < -0.3 is 15.0 Å². The maximum atomic E-state index is 13.6. The van der Waals surface area contributed by atoms with Gasteiger partial charge in [-0.3, -0.25) is 13.9 Å². The molecule has 0 saturated carbocycles. The summed E-state index contributed by atoms with van der Waals surface area (Å²) >= 11 is 0. The SMILES string of the molecule is CCc1ccc(N(CC(=O)N(Cc2cccc(OC)c2)[C@H](C)C(=O)N[C@H](C)CC)S(C)(=O)=O)cc1. The Balaban J connectivity index is 2.39. The minimum absolute atomic E-state index is 0.0525. The zero-order valence-corrected chi connectivity index (χ0v) is 22.3. The van der Waals surface area contributed by atoms with Gasteiger partial charge in [-0.2, -0.15) is 0 Å². The second-order valence-electron chi connectivity index (χ2n) is 8.66. The van der Waals surface area contributed by atoms with Gasteiger partial charge in [0, 0.05) is 12.6 Å². The molecule has 2 aromatic rings. The summed E-state index contributed by atoms with van der Waals surface area (Å²) in [5, 5.41) is 2.91. The van der Waals surface area contributed by atoms with Gasteiger partial charge in [-0.05, 0) is 62.1 Å². The van der Waals surface area contributed by atoms with E-state index < -0.39 is 28.5 Å². The molecule has 0 bridgehead atoms. The minimum Gasteiger partial charge on any atom is -0.497 e. The van der Waals surface area contributed by atoms with Gasteiger partial charge in [-0.1, -0.05) is 38.1 Å². The van der Waals surface area contributed by atoms with Crippen LogP contribution in [0.1, 0.15) is 45.2 Å². The van der Waals surface area contributed by atoms with Crippen molar-refractivity contribution in [2.24, 2.45) is 0 Å². The number of carbonyl (C=O) groups excluding carboxylic acids is 2. The number of rotatable bonds is 12. The lowest BCUT2D eigenvalue weighted by Gasteiger charge is -2.32. The molecule has 0 spiro atoms. The number of aryl methyl sites for hydroxylation is 1. The van der Waals surface area contributed by atoms with Gasteiger partial charge in [-0.25, -0.2) is 8.42 Å². The molecule has 0 radical (unpaired) electrons. The Morgan fingerprint density at radius 2 is 1.69 bits per heavy atom. The summed E-state index contributed by atoms with van der Waals surface area (Å²) < 4.78 is 31.6. The molecule has 9 heteroatoms. The normalized spacial score (nSPS) is 13.0. The molecule has 2 amide bonds. The molecule has 2 aromatic carbocycles. The van der Waals surface area contributed by atoms with E-state index in [9.17, 15) is 18.0 Å². The first-order valence-electron chi connectivity index (χ1n) is 11.8. The molecule has 0 unspecified atom stereocenters. The maximum absolute atomic E-state index is 13.6. The summed E-state index contributed by atoms with van der Waals surface area (Å²) in [6.45, 7) is 7.21. The number of methoxy groups -OCH3 is 1. The number of ether oxygens (including phenoxy) is 1. The van der Waals surface area contributed by atoms with Crippen LogP contribution >= 0.6 is 0 Å². The van der Waals surface area contributed by atoms with Gasteiger partial charge in [0.25, 0.3) is 0 Å². The van der Waals surface area contributed by atoms with Crippen molar-refractivity contribution in [1.82, 2.24) is 10.2 Å². The fourth-order valence-electron chi connectivity index (χ4n) is 3.53. The molecule has 0 aliphatic carbocycles. The van der Waals surface area contributed by atoms with Crippen molar-refractivity contribution in [1.29, 1.82) is 0 Å². The van der Waals surface area contributed by atoms with Crippen LogP contribution in [-0.4, -0.2) is 57.1 Å². The fourth-order valence-corrected chi connectivity index (χ4v) is 4.38. The van der Waals surface area contributed by atoms with Gasteiger partial charge >= 0.3 is 0 Å². The van der Waals surface area contributed by atoms with Crippen LogP contribution in [0, 0.1) is 0 Å². The van der Waals surface area contributed by atoms with Crippen molar-refractivity contribution in [3.05, 3.63) is 59.7 Å². The number of hydrogen-bond donors (Lipinski definition) is 1. The number of carbonyl (C=O) groups is 2. The summed E-state index contributed by atoms with van der Waals surface area (Å²) in [6, 6.07) is 13.4. The second kappa shape index (κ2) is 12.6. The average molecular weight is 504 g/mol. The summed E-state index contributed by atoms with van der Waals surface area (Å²) in [5.74, 6) is -0.154. The number of nitrogens with one attached hydrogen (secondary N) is 1. The molecule has 2 atom stereocenters. The van der Waals surface area contributed by atoms with E-state index >= 15 is 0 Å². The lowest BCUT2D eigenvalue weighted by molar-refractivity contribution is -0.139. The minimum atomic E-state index is -3.75. The number of anilines is 1. The highest BCUT2D eigenvalue weighted by Gasteiger charge is 2.30. The van der Waals surface area contributed by atoms with Gasteiger partial charge in [0.2, 0.25) is 21.8 Å². The van der Waals surface area contributed by atoms with E-state index in [4.69, 9.17) is 4.74 Å². The summed E-state index contributed by atoms with van der Waals surface area (Å²) in [6.07, 6.45) is 2.63. The van der Waals surface area contributed by atoms with Crippen molar-refractivity contribution in [3.63, 3.8) is 0 Å². The summed E-state index contributed by atoms with van der Waals surface area (Å²) in [4.78, 5) is 27.9. The molecule has 0 fully saturated rings. The van der Waals surface area contributed by atoms with E-state index in [1.165, 1.54) is 4.90 Å². The monoisotopic (exact) mass is 503 g/mol. The van der Waals surface area contributed by atoms with E-state index in [1.54, 1.807) is 44.4 Å². The van der Waals surface area contributed by atoms with E-state index in [0.29, 0.717) is 11.4 Å². The Labute approximate surface area is 209 Å². The van der Waals surface area contributed by atoms with Crippen molar-refractivity contribution in [2.75, 3.05) is 24.2 Å². The van der Waals surface area contributed by atoms with E-state index in [0.717, 1.165) is 34.5 Å². The van der Waals surface area contributed by atoms with E-state index in [1.807, 2.05) is 39.0 Å². The molecule has 1 N–H and O–H groups in total. The number of benzene rings is 2. The Hall–Kier alpha value is -3.07. The van der Waals surface area contributed by atoms with Gasteiger partial charge in [0.1, 0.15) is 18.3 Å².